The molecule has 1 N–H and O–H groups in total. The van der Waals surface area contributed by atoms with E-state index in [0.29, 0.717) is 23.9 Å². The fourth-order valence-corrected chi connectivity index (χ4v) is 3.96. The van der Waals surface area contributed by atoms with Gasteiger partial charge in [0.2, 0.25) is 11.8 Å². The van der Waals surface area contributed by atoms with Gasteiger partial charge in [-0.05, 0) is 61.0 Å². The Kier molecular flexibility index (Phi) is 7.11. The number of aryl methyl sites for hydroxylation is 1. The van der Waals surface area contributed by atoms with Gasteiger partial charge in [-0.15, -0.1) is 0 Å². The molecule has 1 fully saturated rings. The van der Waals surface area contributed by atoms with E-state index in [-0.39, 0.29) is 24.7 Å². The van der Waals surface area contributed by atoms with Gasteiger partial charge in [-0.2, -0.15) is 0 Å². The number of carbonyl (C=O) groups excluding carboxylic acids is 2. The van der Waals surface area contributed by atoms with Crippen LogP contribution in [0.2, 0.25) is 5.02 Å². The fraction of sp³-hybridized carbons (Fsp3) is 0.320. The number of ether oxygens (including phenoxy) is 1. The van der Waals surface area contributed by atoms with Crippen LogP contribution in [0.4, 0.5) is 17.2 Å². The van der Waals surface area contributed by atoms with Crippen molar-refractivity contribution in [2.24, 2.45) is 0 Å². The number of halogens is 1. The molecule has 3 aromatic rings. The summed E-state index contributed by atoms with van der Waals surface area (Å²) in [7, 11) is 1.69. The zero-order valence-electron chi connectivity index (χ0n) is 18.8. The first-order valence-corrected chi connectivity index (χ1v) is 11.3. The maximum absolute atomic E-state index is 12.5. The van der Waals surface area contributed by atoms with Gasteiger partial charge in [0.1, 0.15) is 5.82 Å². The standard InChI is InChI=1S/C25H27ClN4O3/c1-17-15-23(30-11-13-33-14-12-30)28-22-8-5-19(16-21(17)22)27-24(31)9-10-25(32)29(2)20-6-3-18(26)4-7-20/h3-8,15-16H,9-14H2,1-2H3,(H,27,31). The normalized spacial score (nSPS) is 13.7. The molecule has 0 aliphatic carbocycles. The third kappa shape index (κ3) is 5.61. The zero-order chi connectivity index (χ0) is 23.4. The Balaban J connectivity index is 1.37. The van der Waals surface area contributed by atoms with E-state index in [1.165, 1.54) is 4.90 Å². The van der Waals surface area contributed by atoms with E-state index < -0.39 is 0 Å². The summed E-state index contributed by atoms with van der Waals surface area (Å²) in [5, 5.41) is 4.50. The minimum absolute atomic E-state index is 0.0992. The van der Waals surface area contributed by atoms with E-state index in [1.807, 2.05) is 25.1 Å². The first-order valence-electron chi connectivity index (χ1n) is 11.0. The third-order valence-electron chi connectivity index (χ3n) is 5.77. The lowest BCUT2D eigenvalue weighted by Crippen LogP contribution is -2.36. The van der Waals surface area contributed by atoms with Gasteiger partial charge in [-0.1, -0.05) is 11.6 Å². The fourth-order valence-electron chi connectivity index (χ4n) is 3.83. The van der Waals surface area contributed by atoms with Crippen molar-refractivity contribution >= 4 is 51.5 Å². The molecular weight excluding hydrogens is 440 g/mol. The van der Waals surface area contributed by atoms with Gasteiger partial charge >= 0.3 is 0 Å². The summed E-state index contributed by atoms with van der Waals surface area (Å²) in [6.45, 7) is 5.13. The predicted molar refractivity (Wildman–Crippen MR) is 132 cm³/mol. The smallest absolute Gasteiger partial charge is 0.227 e. The van der Waals surface area contributed by atoms with Crippen molar-refractivity contribution in [3.8, 4) is 0 Å². The molecular formula is C25H27ClN4O3. The van der Waals surface area contributed by atoms with Crippen molar-refractivity contribution in [3.63, 3.8) is 0 Å². The summed E-state index contributed by atoms with van der Waals surface area (Å²) in [6.07, 6.45) is 0.212. The highest BCUT2D eigenvalue weighted by atomic mass is 35.5. The number of amides is 2. The summed E-state index contributed by atoms with van der Waals surface area (Å²) < 4.78 is 5.43. The topological polar surface area (TPSA) is 74.8 Å². The number of carbonyl (C=O) groups is 2. The molecule has 1 aliphatic heterocycles. The maximum Gasteiger partial charge on any atom is 0.227 e. The van der Waals surface area contributed by atoms with Crippen LogP contribution in [0.5, 0.6) is 0 Å². The molecule has 0 radical (unpaired) electrons. The number of nitrogens with one attached hydrogen (secondary N) is 1. The Hall–Kier alpha value is -3.16. The van der Waals surface area contributed by atoms with E-state index in [0.717, 1.165) is 41.1 Å². The Morgan fingerprint density at radius 1 is 1.09 bits per heavy atom. The van der Waals surface area contributed by atoms with Gasteiger partial charge < -0.3 is 19.9 Å². The van der Waals surface area contributed by atoms with E-state index in [1.54, 1.807) is 31.3 Å². The second-order valence-corrected chi connectivity index (χ2v) is 8.54. The monoisotopic (exact) mass is 466 g/mol. The summed E-state index contributed by atoms with van der Waals surface area (Å²) in [6, 6.07) is 14.8. The molecule has 2 heterocycles. The lowest BCUT2D eigenvalue weighted by molar-refractivity contribution is -0.122. The molecule has 172 valence electrons. The molecule has 33 heavy (non-hydrogen) atoms. The van der Waals surface area contributed by atoms with E-state index >= 15 is 0 Å². The SMILES string of the molecule is Cc1cc(N2CCOCC2)nc2ccc(NC(=O)CCC(=O)N(C)c3ccc(Cl)cc3)cc12. The highest BCUT2D eigenvalue weighted by Gasteiger charge is 2.16. The van der Waals surface area contributed by atoms with Gasteiger partial charge in [0.15, 0.2) is 0 Å². The van der Waals surface area contributed by atoms with Gasteiger partial charge in [-0.25, -0.2) is 4.98 Å². The average molecular weight is 467 g/mol. The number of pyridine rings is 1. The quantitative estimate of drug-likeness (QED) is 0.582. The third-order valence-corrected chi connectivity index (χ3v) is 6.03. The molecule has 1 aromatic heterocycles. The second-order valence-electron chi connectivity index (χ2n) is 8.11. The summed E-state index contributed by atoms with van der Waals surface area (Å²) >= 11 is 5.90. The average Bonchev–Trinajstić information content (AvgIpc) is 2.83. The van der Waals surface area contributed by atoms with Crippen molar-refractivity contribution in [1.82, 2.24) is 4.98 Å². The molecule has 2 aromatic carbocycles. The largest absolute Gasteiger partial charge is 0.378 e. The van der Waals surface area contributed by atoms with E-state index in [9.17, 15) is 9.59 Å². The minimum atomic E-state index is -0.206. The zero-order valence-corrected chi connectivity index (χ0v) is 19.6. The number of anilines is 3. The number of hydrogen-bond acceptors (Lipinski definition) is 5. The van der Waals surface area contributed by atoms with Gasteiger partial charge in [0.05, 0.1) is 18.7 Å². The van der Waals surface area contributed by atoms with Crippen molar-refractivity contribution in [1.29, 1.82) is 0 Å². The highest BCUT2D eigenvalue weighted by molar-refractivity contribution is 6.30. The maximum atomic E-state index is 12.5. The summed E-state index contributed by atoms with van der Waals surface area (Å²) in [5.41, 5.74) is 3.40. The minimum Gasteiger partial charge on any atom is -0.378 e. The van der Waals surface area contributed by atoms with Gasteiger partial charge in [-0.3, -0.25) is 9.59 Å². The van der Waals surface area contributed by atoms with Crippen LogP contribution in [0, 0.1) is 6.92 Å². The lowest BCUT2D eigenvalue weighted by Gasteiger charge is -2.28. The second kappa shape index (κ2) is 10.2. The first kappa shape index (κ1) is 23.0. The number of nitrogens with zero attached hydrogens (tertiary/aromatic N) is 3. The number of benzene rings is 2. The molecule has 7 nitrogen and oxygen atoms in total. The van der Waals surface area contributed by atoms with Crippen LogP contribution < -0.4 is 15.1 Å². The molecule has 0 atom stereocenters. The summed E-state index contributed by atoms with van der Waals surface area (Å²) in [5.74, 6) is 0.604. The van der Waals surface area contributed by atoms with Crippen LogP contribution >= 0.6 is 11.6 Å². The summed E-state index contributed by atoms with van der Waals surface area (Å²) in [4.78, 5) is 33.5. The number of morpholine rings is 1. The molecule has 0 unspecified atom stereocenters. The lowest BCUT2D eigenvalue weighted by atomic mass is 10.1. The highest BCUT2D eigenvalue weighted by Crippen LogP contribution is 2.26. The molecule has 2 amide bonds. The number of rotatable bonds is 6. The van der Waals surface area contributed by atoms with Crippen molar-refractivity contribution < 1.29 is 14.3 Å². The van der Waals surface area contributed by atoms with E-state index in [2.05, 4.69) is 16.3 Å². The molecule has 0 saturated carbocycles. The first-order chi connectivity index (χ1) is 15.9. The van der Waals surface area contributed by atoms with Crippen LogP contribution in [0.3, 0.4) is 0 Å². The van der Waals surface area contributed by atoms with Gasteiger partial charge in [0.25, 0.3) is 0 Å². The van der Waals surface area contributed by atoms with Gasteiger partial charge in [0, 0.05) is 54.8 Å². The molecule has 0 spiro atoms. The van der Waals surface area contributed by atoms with Crippen molar-refractivity contribution in [2.45, 2.75) is 19.8 Å². The van der Waals surface area contributed by atoms with Crippen LogP contribution in [0.25, 0.3) is 10.9 Å². The molecule has 1 saturated heterocycles. The molecule has 4 rings (SSSR count). The van der Waals surface area contributed by atoms with E-state index in [4.69, 9.17) is 21.3 Å². The molecule has 8 heteroatoms. The Morgan fingerprint density at radius 3 is 2.55 bits per heavy atom. The molecule has 0 bridgehead atoms. The number of aromatic nitrogens is 1. The van der Waals surface area contributed by atoms with Crippen molar-refractivity contribution in [2.75, 3.05) is 48.5 Å². The Morgan fingerprint density at radius 2 is 1.82 bits per heavy atom. The van der Waals surface area contributed by atoms with Crippen LogP contribution in [-0.2, 0) is 14.3 Å². The molecule has 1 aliphatic rings. The van der Waals surface area contributed by atoms with Crippen LogP contribution in [0.1, 0.15) is 18.4 Å². The van der Waals surface area contributed by atoms with Crippen molar-refractivity contribution in [3.05, 3.63) is 59.1 Å². The Bertz CT molecular complexity index is 1160. The van der Waals surface area contributed by atoms with Crippen LogP contribution in [0.15, 0.2) is 48.5 Å². The predicted octanol–water partition coefficient (Wildman–Crippen LogP) is 4.41. The number of fused-ring (bicyclic) bond motifs is 1. The van der Waals surface area contributed by atoms with Crippen LogP contribution in [-0.4, -0.2) is 50.1 Å². The Labute approximate surface area is 198 Å². The number of hydrogen-bond donors (Lipinski definition) is 1.